The number of fused-ring (bicyclic) bond motifs is 1. The highest BCUT2D eigenvalue weighted by molar-refractivity contribution is 7.13. The van der Waals surface area contributed by atoms with E-state index in [-0.39, 0.29) is 12.3 Å². The molecule has 34 heavy (non-hydrogen) atoms. The van der Waals surface area contributed by atoms with Crippen LogP contribution in [0.2, 0.25) is 0 Å². The summed E-state index contributed by atoms with van der Waals surface area (Å²) in [4.78, 5) is 24.2. The van der Waals surface area contributed by atoms with Crippen molar-refractivity contribution in [1.82, 2.24) is 9.97 Å². The van der Waals surface area contributed by atoms with Gasteiger partial charge in [-0.1, -0.05) is 48.6 Å². The van der Waals surface area contributed by atoms with Crippen LogP contribution in [0.4, 0.5) is 5.69 Å². The molecule has 0 fully saturated rings. The topological polar surface area (TPSA) is 64.6 Å². The number of aromatic nitrogens is 2. The van der Waals surface area contributed by atoms with Gasteiger partial charge in [-0.3, -0.25) is 9.78 Å². The predicted octanol–water partition coefficient (Wildman–Crippen LogP) is 5.27. The highest BCUT2D eigenvalue weighted by atomic mass is 32.1. The van der Waals surface area contributed by atoms with Gasteiger partial charge in [0.05, 0.1) is 17.8 Å². The van der Waals surface area contributed by atoms with E-state index >= 15 is 0 Å². The third-order valence-electron chi connectivity index (χ3n) is 5.30. The number of anilines is 1. The van der Waals surface area contributed by atoms with Gasteiger partial charge in [0.25, 0.3) is 0 Å². The van der Waals surface area contributed by atoms with Crippen LogP contribution in [0.3, 0.4) is 0 Å². The van der Waals surface area contributed by atoms with E-state index in [4.69, 9.17) is 9.47 Å². The van der Waals surface area contributed by atoms with Gasteiger partial charge in [-0.25, -0.2) is 4.98 Å². The summed E-state index contributed by atoms with van der Waals surface area (Å²) in [5.74, 6) is 1.30. The monoisotopic (exact) mass is 469 g/mol. The van der Waals surface area contributed by atoms with Crippen molar-refractivity contribution in [2.75, 3.05) is 24.7 Å². The zero-order valence-electron chi connectivity index (χ0n) is 18.5. The van der Waals surface area contributed by atoms with Crippen molar-refractivity contribution in [3.63, 3.8) is 0 Å². The van der Waals surface area contributed by atoms with Gasteiger partial charge in [0.2, 0.25) is 5.91 Å². The Labute approximate surface area is 202 Å². The number of ether oxygens (including phenoxy) is 2. The van der Waals surface area contributed by atoms with Crippen LogP contribution < -0.4 is 14.4 Å². The molecule has 2 aromatic carbocycles. The van der Waals surface area contributed by atoms with Crippen LogP contribution in [0.5, 0.6) is 11.5 Å². The van der Waals surface area contributed by atoms with Gasteiger partial charge in [-0.15, -0.1) is 11.3 Å². The zero-order valence-corrected chi connectivity index (χ0v) is 19.3. The third kappa shape index (κ3) is 5.15. The number of nitrogens with zero attached hydrogens (tertiary/aromatic N) is 3. The molecule has 4 aromatic rings. The Kier molecular flexibility index (Phi) is 6.63. The number of benzene rings is 2. The molecule has 0 aliphatic carbocycles. The SMILES string of the molecule is O=C(Cc1csc(-c2ccccn2)n1)N(C/C=C/c1ccccc1)c1ccc2c(c1)OCCO2. The Morgan fingerprint density at radius 2 is 1.82 bits per heavy atom. The molecule has 0 radical (unpaired) electrons. The van der Waals surface area contributed by atoms with Crippen LogP contribution in [-0.4, -0.2) is 35.6 Å². The van der Waals surface area contributed by atoms with Crippen LogP contribution in [0.15, 0.2) is 84.4 Å². The van der Waals surface area contributed by atoms with Gasteiger partial charge in [0.1, 0.15) is 18.2 Å². The molecule has 1 amide bonds. The molecule has 170 valence electrons. The molecule has 0 spiro atoms. The molecule has 0 saturated heterocycles. The van der Waals surface area contributed by atoms with Crippen molar-refractivity contribution in [2.45, 2.75) is 6.42 Å². The number of carbonyl (C=O) groups is 1. The summed E-state index contributed by atoms with van der Waals surface area (Å²) in [6, 6.07) is 21.3. The van der Waals surface area contributed by atoms with E-state index in [1.807, 2.05) is 84.3 Å². The molecule has 0 unspecified atom stereocenters. The van der Waals surface area contributed by atoms with Crippen LogP contribution in [-0.2, 0) is 11.2 Å². The lowest BCUT2D eigenvalue weighted by atomic mass is 10.2. The number of carbonyl (C=O) groups excluding carboxylic acids is 1. The highest BCUT2D eigenvalue weighted by Gasteiger charge is 2.20. The van der Waals surface area contributed by atoms with Gasteiger partial charge in [0, 0.05) is 29.9 Å². The second kappa shape index (κ2) is 10.3. The first-order chi connectivity index (χ1) is 16.8. The number of rotatable bonds is 7. The first kappa shape index (κ1) is 21.9. The summed E-state index contributed by atoms with van der Waals surface area (Å²) in [5.41, 5.74) is 3.37. The molecular weight excluding hydrogens is 446 g/mol. The summed E-state index contributed by atoms with van der Waals surface area (Å²) in [6.45, 7) is 1.44. The average molecular weight is 470 g/mol. The van der Waals surface area contributed by atoms with Gasteiger partial charge < -0.3 is 14.4 Å². The molecule has 2 aromatic heterocycles. The Bertz CT molecular complexity index is 1290. The minimum Gasteiger partial charge on any atom is -0.486 e. The number of hydrogen-bond donors (Lipinski definition) is 0. The highest BCUT2D eigenvalue weighted by Crippen LogP contribution is 2.34. The van der Waals surface area contributed by atoms with E-state index < -0.39 is 0 Å². The van der Waals surface area contributed by atoms with E-state index in [0.717, 1.165) is 27.6 Å². The first-order valence-electron chi connectivity index (χ1n) is 11.0. The Hall–Kier alpha value is -3.97. The van der Waals surface area contributed by atoms with Crippen LogP contribution in [0.25, 0.3) is 16.8 Å². The van der Waals surface area contributed by atoms with Gasteiger partial charge >= 0.3 is 0 Å². The molecule has 0 atom stereocenters. The largest absolute Gasteiger partial charge is 0.486 e. The van der Waals surface area contributed by atoms with Crippen molar-refractivity contribution in [2.24, 2.45) is 0 Å². The standard InChI is InChI=1S/C27H23N3O3S/c31-26(17-21-19-34-27(29-21)23-10-4-5-13-28-23)30(14-6-9-20-7-2-1-3-8-20)22-11-12-24-25(18-22)33-16-15-32-24/h1-13,18-19H,14-17H2/b9-6+. The fraction of sp³-hybridized carbons (Fsp3) is 0.148. The van der Waals surface area contributed by atoms with Gasteiger partial charge in [-0.2, -0.15) is 0 Å². The number of thiazole rings is 1. The molecule has 1 aliphatic heterocycles. The quantitative estimate of drug-likeness (QED) is 0.369. The van der Waals surface area contributed by atoms with Crippen LogP contribution in [0.1, 0.15) is 11.3 Å². The van der Waals surface area contributed by atoms with Crippen molar-refractivity contribution >= 4 is 29.0 Å². The van der Waals surface area contributed by atoms with E-state index in [0.29, 0.717) is 31.3 Å². The molecule has 6 nitrogen and oxygen atoms in total. The summed E-state index contributed by atoms with van der Waals surface area (Å²) < 4.78 is 11.4. The fourth-order valence-electron chi connectivity index (χ4n) is 3.65. The summed E-state index contributed by atoms with van der Waals surface area (Å²) in [6.07, 6.45) is 5.94. The Morgan fingerprint density at radius 1 is 1.00 bits per heavy atom. The Morgan fingerprint density at radius 3 is 2.65 bits per heavy atom. The summed E-state index contributed by atoms with van der Waals surface area (Å²) in [7, 11) is 0. The maximum absolute atomic E-state index is 13.4. The lowest BCUT2D eigenvalue weighted by Gasteiger charge is -2.24. The summed E-state index contributed by atoms with van der Waals surface area (Å²) >= 11 is 1.49. The second-order valence-electron chi connectivity index (χ2n) is 7.68. The Balaban J connectivity index is 1.37. The van der Waals surface area contributed by atoms with Crippen LogP contribution >= 0.6 is 11.3 Å². The number of hydrogen-bond acceptors (Lipinski definition) is 6. The van der Waals surface area contributed by atoms with Gasteiger partial charge in [0.15, 0.2) is 11.5 Å². The minimum absolute atomic E-state index is 0.0488. The average Bonchev–Trinajstić information content (AvgIpc) is 3.36. The van der Waals surface area contributed by atoms with Crippen molar-refractivity contribution in [3.8, 4) is 22.2 Å². The fourth-order valence-corrected chi connectivity index (χ4v) is 4.45. The van der Waals surface area contributed by atoms with Crippen molar-refractivity contribution in [3.05, 3.63) is 95.6 Å². The van der Waals surface area contributed by atoms with E-state index in [1.54, 1.807) is 11.1 Å². The van der Waals surface area contributed by atoms with Crippen molar-refractivity contribution in [1.29, 1.82) is 0 Å². The molecule has 0 N–H and O–H groups in total. The van der Waals surface area contributed by atoms with E-state index in [2.05, 4.69) is 9.97 Å². The lowest BCUT2D eigenvalue weighted by molar-refractivity contribution is -0.117. The molecule has 0 bridgehead atoms. The maximum Gasteiger partial charge on any atom is 0.233 e. The molecule has 3 heterocycles. The molecule has 1 aliphatic rings. The molecule has 0 saturated carbocycles. The lowest BCUT2D eigenvalue weighted by Crippen LogP contribution is -2.32. The number of amides is 1. The normalized spacial score (nSPS) is 12.6. The minimum atomic E-state index is -0.0488. The van der Waals surface area contributed by atoms with E-state index in [9.17, 15) is 4.79 Å². The predicted molar refractivity (Wildman–Crippen MR) is 134 cm³/mol. The smallest absolute Gasteiger partial charge is 0.233 e. The molecule has 7 heteroatoms. The number of pyridine rings is 1. The molecule has 5 rings (SSSR count). The third-order valence-corrected chi connectivity index (χ3v) is 6.22. The first-order valence-corrected chi connectivity index (χ1v) is 11.9. The second-order valence-corrected chi connectivity index (χ2v) is 8.54. The van der Waals surface area contributed by atoms with Gasteiger partial charge in [-0.05, 0) is 29.8 Å². The molecular formula is C27H23N3O3S. The van der Waals surface area contributed by atoms with Crippen LogP contribution in [0, 0.1) is 0 Å². The van der Waals surface area contributed by atoms with Crippen molar-refractivity contribution < 1.29 is 14.3 Å². The summed E-state index contributed by atoms with van der Waals surface area (Å²) in [5, 5.41) is 2.72. The van der Waals surface area contributed by atoms with E-state index in [1.165, 1.54) is 11.3 Å². The maximum atomic E-state index is 13.4. The zero-order chi connectivity index (χ0) is 23.2.